The molecule has 2 aromatic carbocycles. The molecule has 0 N–H and O–H groups in total. The van der Waals surface area contributed by atoms with Gasteiger partial charge < -0.3 is 9.64 Å². The monoisotopic (exact) mass is 408 g/mol. The summed E-state index contributed by atoms with van der Waals surface area (Å²) < 4.78 is 32.9. The molecule has 4 rings (SSSR count). The van der Waals surface area contributed by atoms with Gasteiger partial charge in [0.1, 0.15) is 17.7 Å². The molecule has 3 aromatic rings. The summed E-state index contributed by atoms with van der Waals surface area (Å²) in [4.78, 5) is 19.1. The maximum Gasteiger partial charge on any atom is 0.227 e. The first kappa shape index (κ1) is 20.2. The van der Waals surface area contributed by atoms with Gasteiger partial charge in [0.25, 0.3) is 0 Å². The zero-order chi connectivity index (χ0) is 20.9. The highest BCUT2D eigenvalue weighted by Crippen LogP contribution is 2.22. The molecule has 0 aliphatic carbocycles. The molecule has 0 unspecified atom stereocenters. The molecule has 1 aliphatic rings. The van der Waals surface area contributed by atoms with E-state index in [0.29, 0.717) is 31.7 Å². The minimum absolute atomic E-state index is 0.0302. The number of nitrogens with zero attached hydrogens (tertiary/aromatic N) is 2. The average molecular weight is 408 g/mol. The van der Waals surface area contributed by atoms with Crippen molar-refractivity contribution >= 4 is 5.91 Å². The number of pyridine rings is 1. The molecule has 1 amide bonds. The Balaban J connectivity index is 1.43. The van der Waals surface area contributed by atoms with Crippen LogP contribution >= 0.6 is 0 Å². The number of benzene rings is 2. The van der Waals surface area contributed by atoms with Gasteiger partial charge in [0, 0.05) is 18.7 Å². The van der Waals surface area contributed by atoms with Gasteiger partial charge in [-0.2, -0.15) is 0 Å². The number of aromatic nitrogens is 1. The smallest absolute Gasteiger partial charge is 0.227 e. The Morgan fingerprint density at radius 3 is 2.63 bits per heavy atom. The number of carbonyl (C=O) groups excluding carboxylic acids is 1. The van der Waals surface area contributed by atoms with E-state index >= 15 is 0 Å². The Kier molecular flexibility index (Phi) is 6.14. The second kappa shape index (κ2) is 9.13. The molecule has 0 spiro atoms. The van der Waals surface area contributed by atoms with Crippen LogP contribution in [0.2, 0.25) is 0 Å². The fraction of sp³-hybridized carbons (Fsp3) is 0.250. The summed E-state index contributed by atoms with van der Waals surface area (Å²) in [6.45, 7) is 1.32. The van der Waals surface area contributed by atoms with Gasteiger partial charge in [0.2, 0.25) is 5.91 Å². The van der Waals surface area contributed by atoms with Gasteiger partial charge in [-0.3, -0.25) is 9.78 Å². The predicted molar refractivity (Wildman–Crippen MR) is 109 cm³/mol. The topological polar surface area (TPSA) is 42.4 Å². The number of rotatable bonds is 5. The van der Waals surface area contributed by atoms with Gasteiger partial charge in [-0.25, -0.2) is 8.78 Å². The van der Waals surface area contributed by atoms with E-state index in [1.54, 1.807) is 35.2 Å². The van der Waals surface area contributed by atoms with Crippen molar-refractivity contribution in [1.29, 1.82) is 0 Å². The largest absolute Gasteiger partial charge is 0.368 e. The Hall–Kier alpha value is -3.12. The summed E-state index contributed by atoms with van der Waals surface area (Å²) in [6.07, 6.45) is 0.269. The second-order valence-corrected chi connectivity index (χ2v) is 7.32. The first-order valence-corrected chi connectivity index (χ1v) is 9.91. The van der Waals surface area contributed by atoms with Crippen molar-refractivity contribution in [3.05, 3.63) is 101 Å². The molecule has 1 saturated heterocycles. The number of halogens is 2. The van der Waals surface area contributed by atoms with Gasteiger partial charge in [-0.15, -0.1) is 0 Å². The van der Waals surface area contributed by atoms with Crippen molar-refractivity contribution in [2.24, 2.45) is 0 Å². The number of amides is 1. The van der Waals surface area contributed by atoms with E-state index in [1.165, 1.54) is 18.2 Å². The van der Waals surface area contributed by atoms with Crippen molar-refractivity contribution in [2.45, 2.75) is 18.9 Å². The minimum Gasteiger partial charge on any atom is -0.368 e. The van der Waals surface area contributed by atoms with Crippen LogP contribution in [-0.2, 0) is 22.4 Å². The minimum atomic E-state index is -0.337. The van der Waals surface area contributed by atoms with E-state index in [9.17, 15) is 13.6 Å². The summed E-state index contributed by atoms with van der Waals surface area (Å²) >= 11 is 0. The van der Waals surface area contributed by atoms with Crippen molar-refractivity contribution in [1.82, 2.24) is 9.88 Å². The van der Waals surface area contributed by atoms with Crippen LogP contribution < -0.4 is 0 Å². The van der Waals surface area contributed by atoms with Gasteiger partial charge in [0.15, 0.2) is 0 Å². The normalized spacial score (nSPS) is 16.5. The highest BCUT2D eigenvalue weighted by atomic mass is 19.1. The Bertz CT molecular complexity index is 1020. The first-order valence-electron chi connectivity index (χ1n) is 9.91. The molecule has 4 nitrogen and oxygen atoms in total. The van der Waals surface area contributed by atoms with Crippen LogP contribution in [0.5, 0.6) is 0 Å². The molecule has 30 heavy (non-hydrogen) atoms. The molecule has 1 aromatic heterocycles. The fourth-order valence-corrected chi connectivity index (χ4v) is 3.56. The maximum atomic E-state index is 14.0. The molecular weight excluding hydrogens is 386 g/mol. The molecule has 0 bridgehead atoms. The van der Waals surface area contributed by atoms with Crippen molar-refractivity contribution in [3.63, 3.8) is 0 Å². The van der Waals surface area contributed by atoms with Crippen LogP contribution in [0.15, 0.2) is 66.7 Å². The predicted octanol–water partition coefficient (Wildman–Crippen LogP) is 4.09. The van der Waals surface area contributed by atoms with E-state index in [2.05, 4.69) is 4.98 Å². The second-order valence-electron chi connectivity index (χ2n) is 7.32. The lowest BCUT2D eigenvalue weighted by atomic mass is 10.1. The highest BCUT2D eigenvalue weighted by Gasteiger charge is 2.26. The van der Waals surface area contributed by atoms with Crippen LogP contribution in [0.4, 0.5) is 8.78 Å². The van der Waals surface area contributed by atoms with Crippen LogP contribution in [0, 0.1) is 11.6 Å². The molecule has 6 heteroatoms. The number of carbonyl (C=O) groups is 1. The molecule has 0 saturated carbocycles. The number of hydrogen-bond acceptors (Lipinski definition) is 3. The summed E-state index contributed by atoms with van der Waals surface area (Å²) in [5, 5.41) is 0. The SMILES string of the molecule is O=C(Cc1ccc(F)cc1)N1CCO[C@H](c2cccc(Cc3ccccc3F)n2)C1. The molecule has 1 aliphatic heterocycles. The lowest BCUT2D eigenvalue weighted by molar-refractivity contribution is -0.138. The number of ether oxygens (including phenoxy) is 1. The summed E-state index contributed by atoms with van der Waals surface area (Å²) in [5.74, 6) is -0.604. The van der Waals surface area contributed by atoms with E-state index in [-0.39, 0.29) is 30.1 Å². The van der Waals surface area contributed by atoms with E-state index in [4.69, 9.17) is 4.74 Å². The third kappa shape index (κ3) is 4.89. The van der Waals surface area contributed by atoms with Gasteiger partial charge in [-0.05, 0) is 41.5 Å². The third-order valence-corrected chi connectivity index (χ3v) is 5.18. The van der Waals surface area contributed by atoms with Gasteiger partial charge >= 0.3 is 0 Å². The fourth-order valence-electron chi connectivity index (χ4n) is 3.56. The lowest BCUT2D eigenvalue weighted by Crippen LogP contribution is -2.43. The van der Waals surface area contributed by atoms with Crippen LogP contribution in [0.1, 0.15) is 28.6 Å². The standard InChI is InChI=1S/C24H22F2N2O2/c25-19-10-8-17(9-11-19)14-24(29)28-12-13-30-23(16-28)22-7-3-5-20(27-22)15-18-4-1-2-6-21(18)26/h1-11,23H,12-16H2/t23-/m0/s1. The average Bonchev–Trinajstić information content (AvgIpc) is 2.77. The zero-order valence-electron chi connectivity index (χ0n) is 16.4. The summed E-state index contributed by atoms with van der Waals surface area (Å²) in [7, 11) is 0. The van der Waals surface area contributed by atoms with Gasteiger partial charge in [-0.1, -0.05) is 36.4 Å². The third-order valence-electron chi connectivity index (χ3n) is 5.18. The lowest BCUT2D eigenvalue weighted by Gasteiger charge is -2.33. The summed E-state index contributed by atoms with van der Waals surface area (Å²) in [5.41, 5.74) is 2.83. The summed E-state index contributed by atoms with van der Waals surface area (Å²) in [6, 6.07) is 18.2. The number of morpholine rings is 1. The van der Waals surface area contributed by atoms with Crippen LogP contribution in [0.25, 0.3) is 0 Å². The van der Waals surface area contributed by atoms with Crippen LogP contribution in [-0.4, -0.2) is 35.5 Å². The Labute approximate surface area is 174 Å². The number of hydrogen-bond donors (Lipinski definition) is 0. The molecule has 1 atom stereocenters. The molecule has 154 valence electrons. The van der Waals surface area contributed by atoms with Crippen LogP contribution in [0.3, 0.4) is 0 Å². The molecule has 0 radical (unpaired) electrons. The van der Waals surface area contributed by atoms with Crippen molar-refractivity contribution < 1.29 is 18.3 Å². The van der Waals surface area contributed by atoms with Gasteiger partial charge in [0.05, 0.1) is 25.3 Å². The van der Waals surface area contributed by atoms with Crippen molar-refractivity contribution in [3.8, 4) is 0 Å². The van der Waals surface area contributed by atoms with Crippen molar-refractivity contribution in [2.75, 3.05) is 19.7 Å². The van der Waals surface area contributed by atoms with E-state index < -0.39 is 0 Å². The maximum absolute atomic E-state index is 14.0. The Morgan fingerprint density at radius 2 is 1.83 bits per heavy atom. The Morgan fingerprint density at radius 1 is 1.03 bits per heavy atom. The quantitative estimate of drug-likeness (QED) is 0.639. The molecular formula is C24H22F2N2O2. The van der Waals surface area contributed by atoms with E-state index in [0.717, 1.165) is 17.0 Å². The molecule has 2 heterocycles. The highest BCUT2D eigenvalue weighted by molar-refractivity contribution is 5.78. The van der Waals surface area contributed by atoms with E-state index in [1.807, 2.05) is 18.2 Å². The first-order chi connectivity index (χ1) is 14.6. The zero-order valence-corrected chi connectivity index (χ0v) is 16.4. The molecule has 1 fully saturated rings.